The molecule has 0 spiro atoms. The van der Waals surface area contributed by atoms with Gasteiger partial charge in [0.2, 0.25) is 0 Å². The largest absolute Gasteiger partial charge is 0.468 e. The molecule has 3 nitrogen and oxygen atoms in total. The molecule has 4 heteroatoms. The maximum Gasteiger partial charge on any atom is 0.317 e. The zero-order valence-corrected chi connectivity index (χ0v) is 8.92. The van der Waals surface area contributed by atoms with Crippen molar-refractivity contribution >= 4 is 5.97 Å². The van der Waals surface area contributed by atoms with Crippen molar-refractivity contribution in [3.63, 3.8) is 0 Å². The van der Waals surface area contributed by atoms with Gasteiger partial charge in [-0.1, -0.05) is 11.8 Å². The van der Waals surface area contributed by atoms with Gasteiger partial charge in [-0.15, -0.1) is 0 Å². The molecular formula is C12H12FNO2. The van der Waals surface area contributed by atoms with E-state index in [4.69, 9.17) is 5.73 Å². The number of benzene rings is 1. The Morgan fingerprint density at radius 2 is 2.31 bits per heavy atom. The van der Waals surface area contributed by atoms with Gasteiger partial charge in [0.05, 0.1) is 7.11 Å². The summed E-state index contributed by atoms with van der Waals surface area (Å²) >= 11 is 0. The van der Waals surface area contributed by atoms with Crippen molar-refractivity contribution in [2.45, 2.75) is 13.0 Å². The summed E-state index contributed by atoms with van der Waals surface area (Å²) in [5, 5.41) is 0. The number of hydrogen-bond donors (Lipinski definition) is 1. The van der Waals surface area contributed by atoms with Crippen LogP contribution in [-0.2, 0) is 16.1 Å². The van der Waals surface area contributed by atoms with E-state index in [0.717, 1.165) is 0 Å². The third-order valence-corrected chi connectivity index (χ3v) is 1.97. The highest BCUT2D eigenvalue weighted by atomic mass is 19.1. The number of rotatable bonds is 2. The summed E-state index contributed by atoms with van der Waals surface area (Å²) in [7, 11) is 1.30. The van der Waals surface area contributed by atoms with Gasteiger partial charge in [-0.25, -0.2) is 4.39 Å². The monoisotopic (exact) mass is 221 g/mol. The molecule has 0 unspecified atom stereocenters. The van der Waals surface area contributed by atoms with Gasteiger partial charge in [0, 0.05) is 12.1 Å². The first-order valence-corrected chi connectivity index (χ1v) is 4.71. The molecule has 84 valence electrons. The summed E-state index contributed by atoms with van der Waals surface area (Å²) in [6.45, 7) is 0.208. The average molecular weight is 221 g/mol. The molecule has 1 aromatic carbocycles. The molecular weight excluding hydrogens is 209 g/mol. The summed E-state index contributed by atoms with van der Waals surface area (Å²) in [5.74, 6) is 4.66. The molecule has 16 heavy (non-hydrogen) atoms. The lowest BCUT2D eigenvalue weighted by Crippen LogP contribution is -2.00. The Morgan fingerprint density at radius 1 is 1.56 bits per heavy atom. The zero-order valence-electron chi connectivity index (χ0n) is 8.92. The van der Waals surface area contributed by atoms with Crippen molar-refractivity contribution < 1.29 is 13.9 Å². The lowest BCUT2D eigenvalue weighted by molar-refractivity contribution is -0.139. The van der Waals surface area contributed by atoms with E-state index in [-0.39, 0.29) is 18.8 Å². The molecule has 0 aliphatic carbocycles. The summed E-state index contributed by atoms with van der Waals surface area (Å²) < 4.78 is 17.3. The second kappa shape index (κ2) is 5.89. The first kappa shape index (κ1) is 12.2. The van der Waals surface area contributed by atoms with Crippen LogP contribution in [0, 0.1) is 17.7 Å². The lowest BCUT2D eigenvalue weighted by atomic mass is 10.1. The molecule has 1 aromatic rings. The smallest absolute Gasteiger partial charge is 0.317 e. The Morgan fingerprint density at radius 3 is 2.94 bits per heavy atom. The van der Waals surface area contributed by atoms with E-state index in [1.165, 1.54) is 19.2 Å². The third kappa shape index (κ3) is 3.37. The fourth-order valence-corrected chi connectivity index (χ4v) is 1.14. The van der Waals surface area contributed by atoms with E-state index in [9.17, 15) is 9.18 Å². The molecule has 0 aliphatic rings. The maximum atomic E-state index is 12.9. The molecule has 2 N–H and O–H groups in total. The number of nitrogens with two attached hydrogens (primary N) is 1. The summed E-state index contributed by atoms with van der Waals surface area (Å²) in [5.41, 5.74) is 6.71. The van der Waals surface area contributed by atoms with Crippen LogP contribution in [-0.4, -0.2) is 13.1 Å². The molecule has 0 heterocycles. The molecule has 1 rings (SSSR count). The van der Waals surface area contributed by atoms with Gasteiger partial charge in [-0.2, -0.15) is 0 Å². The predicted molar refractivity (Wildman–Crippen MR) is 57.8 cm³/mol. The van der Waals surface area contributed by atoms with Crippen LogP contribution in [0.4, 0.5) is 4.39 Å². The fourth-order valence-electron chi connectivity index (χ4n) is 1.14. The molecule has 0 saturated heterocycles. The molecule has 0 bridgehead atoms. The lowest BCUT2D eigenvalue weighted by Gasteiger charge is -2.00. The van der Waals surface area contributed by atoms with Gasteiger partial charge in [-0.05, 0) is 23.8 Å². The highest BCUT2D eigenvalue weighted by Gasteiger charge is 2.00. The van der Waals surface area contributed by atoms with E-state index in [1.807, 2.05) is 0 Å². The SMILES string of the molecule is COC(=O)CC#Cc1ccc(F)cc1CN. The zero-order chi connectivity index (χ0) is 12.0. The molecule has 0 radical (unpaired) electrons. The standard InChI is InChI=1S/C12H12FNO2/c1-16-12(15)4-2-3-9-5-6-11(13)7-10(9)8-14/h5-7H,4,8,14H2,1H3. The van der Waals surface area contributed by atoms with Crippen molar-refractivity contribution in [3.8, 4) is 11.8 Å². The van der Waals surface area contributed by atoms with Gasteiger partial charge in [-0.3, -0.25) is 4.79 Å². The van der Waals surface area contributed by atoms with Crippen LogP contribution < -0.4 is 5.73 Å². The minimum Gasteiger partial charge on any atom is -0.468 e. The Balaban J connectivity index is 2.84. The highest BCUT2D eigenvalue weighted by molar-refractivity contribution is 5.72. The van der Waals surface area contributed by atoms with Crippen LogP contribution in [0.25, 0.3) is 0 Å². The molecule has 0 saturated carbocycles. The minimum absolute atomic E-state index is 0.0118. The fraction of sp³-hybridized carbons (Fsp3) is 0.250. The van der Waals surface area contributed by atoms with Crippen LogP contribution in [0.5, 0.6) is 0 Å². The Bertz CT molecular complexity index is 446. The summed E-state index contributed by atoms with van der Waals surface area (Å²) in [4.78, 5) is 10.8. The molecule has 0 fully saturated rings. The van der Waals surface area contributed by atoms with Crippen molar-refractivity contribution in [2.75, 3.05) is 7.11 Å². The number of hydrogen-bond acceptors (Lipinski definition) is 3. The van der Waals surface area contributed by atoms with Crippen LogP contribution >= 0.6 is 0 Å². The van der Waals surface area contributed by atoms with Crippen LogP contribution in [0.1, 0.15) is 17.5 Å². The van der Waals surface area contributed by atoms with Crippen LogP contribution in [0.2, 0.25) is 0 Å². The number of esters is 1. The summed E-state index contributed by atoms with van der Waals surface area (Å²) in [6.07, 6.45) is 0.0118. The Labute approximate surface area is 93.4 Å². The third-order valence-electron chi connectivity index (χ3n) is 1.97. The van der Waals surface area contributed by atoms with Crippen molar-refractivity contribution in [1.82, 2.24) is 0 Å². The van der Waals surface area contributed by atoms with Crippen molar-refractivity contribution in [1.29, 1.82) is 0 Å². The average Bonchev–Trinajstić information content (AvgIpc) is 2.30. The second-order valence-electron chi connectivity index (χ2n) is 3.06. The number of methoxy groups -OCH3 is 1. The Hall–Kier alpha value is -1.86. The van der Waals surface area contributed by atoms with E-state index in [1.54, 1.807) is 6.07 Å². The van der Waals surface area contributed by atoms with Gasteiger partial charge >= 0.3 is 5.97 Å². The minimum atomic E-state index is -0.399. The van der Waals surface area contributed by atoms with Gasteiger partial charge in [0.15, 0.2) is 0 Å². The molecule has 0 amide bonds. The molecule has 0 atom stereocenters. The second-order valence-corrected chi connectivity index (χ2v) is 3.06. The molecule has 0 aliphatic heterocycles. The van der Waals surface area contributed by atoms with E-state index in [2.05, 4.69) is 16.6 Å². The van der Waals surface area contributed by atoms with E-state index >= 15 is 0 Å². The number of ether oxygens (including phenoxy) is 1. The number of carbonyl (C=O) groups excluding carboxylic acids is 1. The predicted octanol–water partition coefficient (Wildman–Crippen LogP) is 1.20. The topological polar surface area (TPSA) is 52.3 Å². The normalized spacial score (nSPS) is 9.19. The van der Waals surface area contributed by atoms with Gasteiger partial charge in [0.25, 0.3) is 0 Å². The number of halogens is 1. The van der Waals surface area contributed by atoms with Crippen molar-refractivity contribution in [3.05, 3.63) is 35.1 Å². The van der Waals surface area contributed by atoms with Gasteiger partial charge < -0.3 is 10.5 Å². The highest BCUT2D eigenvalue weighted by Crippen LogP contribution is 2.09. The number of carbonyl (C=O) groups is 1. The first-order chi connectivity index (χ1) is 7.67. The van der Waals surface area contributed by atoms with E-state index < -0.39 is 5.97 Å². The molecule has 0 aromatic heterocycles. The quantitative estimate of drug-likeness (QED) is 0.603. The van der Waals surface area contributed by atoms with E-state index in [0.29, 0.717) is 11.1 Å². The van der Waals surface area contributed by atoms with Gasteiger partial charge in [0.1, 0.15) is 12.2 Å². The summed E-state index contributed by atoms with van der Waals surface area (Å²) in [6, 6.07) is 4.19. The van der Waals surface area contributed by atoms with Crippen molar-refractivity contribution in [2.24, 2.45) is 5.73 Å². The van der Waals surface area contributed by atoms with Crippen LogP contribution in [0.15, 0.2) is 18.2 Å². The maximum absolute atomic E-state index is 12.9. The van der Waals surface area contributed by atoms with Crippen LogP contribution in [0.3, 0.4) is 0 Å². The first-order valence-electron chi connectivity index (χ1n) is 4.71. The Kier molecular flexibility index (Phi) is 4.49.